The predicted octanol–water partition coefficient (Wildman–Crippen LogP) is 2.71. The van der Waals surface area contributed by atoms with Gasteiger partial charge in [-0.2, -0.15) is 8.42 Å². The number of hydrogen-bond donors (Lipinski definition) is 1. The second-order valence-corrected chi connectivity index (χ2v) is 7.65. The van der Waals surface area contributed by atoms with Crippen molar-refractivity contribution in [1.82, 2.24) is 0 Å². The molecular weight excluding hydrogens is 400 g/mol. The Morgan fingerprint density at radius 3 is 1.59 bits per heavy atom. The molecule has 0 aliphatic carbocycles. The Kier molecular flexibility index (Phi) is 11.7. The van der Waals surface area contributed by atoms with E-state index in [9.17, 15) is 22.6 Å². The first-order valence-electron chi connectivity index (χ1n) is 8.63. The third-order valence-electron chi connectivity index (χ3n) is 3.68. The van der Waals surface area contributed by atoms with E-state index in [0.29, 0.717) is 12.8 Å². The van der Waals surface area contributed by atoms with Crippen LogP contribution in [0.5, 0.6) is 0 Å². The van der Waals surface area contributed by atoms with Crippen LogP contribution in [0.2, 0.25) is 0 Å². The summed E-state index contributed by atoms with van der Waals surface area (Å²) in [7, 11) is -4.61. The van der Waals surface area contributed by atoms with Gasteiger partial charge in [-0.05, 0) is 44.9 Å². The van der Waals surface area contributed by atoms with Crippen LogP contribution in [-0.4, -0.2) is 74.9 Å². The van der Waals surface area contributed by atoms with E-state index in [-0.39, 0.29) is 61.1 Å². The summed E-state index contributed by atoms with van der Waals surface area (Å²) in [5.41, 5.74) is -0.281. The Hall–Kier alpha value is -0.670. The van der Waals surface area contributed by atoms with Crippen molar-refractivity contribution in [1.29, 1.82) is 0 Å². The third kappa shape index (κ3) is 8.91. The number of rotatable bonds is 9. The maximum atomic E-state index is 12.3. The fraction of sp³-hybridized carbons (Fsp3) is 0.556. The van der Waals surface area contributed by atoms with Crippen LogP contribution < -0.4 is 0 Å². The third-order valence-corrected chi connectivity index (χ3v) is 4.51. The molecule has 0 amide bonds. The predicted molar refractivity (Wildman–Crippen MR) is 104 cm³/mol. The van der Waals surface area contributed by atoms with Crippen LogP contribution in [0.4, 0.5) is 0 Å². The molecule has 0 aliphatic heterocycles. The topological polar surface area (TPSA) is 107 Å². The SMILES string of the molecule is CCCC(C)OC(=O)c1cc(C(=O)OC(C)CCC)cc(S(=O)(=O)O)c1.[CaH2]. The van der Waals surface area contributed by atoms with Crippen LogP contribution in [-0.2, 0) is 19.6 Å². The van der Waals surface area contributed by atoms with E-state index in [1.54, 1.807) is 13.8 Å². The molecular formula is C18H28CaO7S. The molecule has 0 radical (unpaired) electrons. The van der Waals surface area contributed by atoms with Crippen LogP contribution in [0.1, 0.15) is 74.1 Å². The zero-order valence-electron chi connectivity index (χ0n) is 15.5. The van der Waals surface area contributed by atoms with Gasteiger partial charge in [0, 0.05) is 0 Å². The van der Waals surface area contributed by atoms with Crippen LogP contribution in [0.3, 0.4) is 0 Å². The fourth-order valence-electron chi connectivity index (χ4n) is 2.42. The summed E-state index contributed by atoms with van der Waals surface area (Å²) in [6.07, 6.45) is 2.20. The molecule has 0 spiro atoms. The first-order valence-corrected chi connectivity index (χ1v) is 10.1. The average Bonchev–Trinajstić information content (AvgIpc) is 2.53. The van der Waals surface area contributed by atoms with E-state index < -0.39 is 27.0 Å². The Bertz CT molecular complexity index is 702. The van der Waals surface area contributed by atoms with Gasteiger partial charge in [0.1, 0.15) is 0 Å². The Morgan fingerprint density at radius 2 is 1.30 bits per heavy atom. The number of ether oxygens (including phenoxy) is 2. The van der Waals surface area contributed by atoms with Crippen LogP contribution in [0.25, 0.3) is 0 Å². The van der Waals surface area contributed by atoms with Crippen molar-refractivity contribution in [3.63, 3.8) is 0 Å². The van der Waals surface area contributed by atoms with Crippen molar-refractivity contribution in [3.8, 4) is 0 Å². The molecule has 27 heavy (non-hydrogen) atoms. The first kappa shape index (κ1) is 26.3. The van der Waals surface area contributed by atoms with Crippen molar-refractivity contribution in [2.75, 3.05) is 0 Å². The normalized spacial score (nSPS) is 13.2. The van der Waals surface area contributed by atoms with Crippen molar-refractivity contribution in [2.24, 2.45) is 0 Å². The zero-order valence-corrected chi connectivity index (χ0v) is 16.3. The molecule has 150 valence electrons. The van der Waals surface area contributed by atoms with Gasteiger partial charge in [-0.1, -0.05) is 26.7 Å². The molecule has 0 aliphatic rings. The van der Waals surface area contributed by atoms with Gasteiger partial charge in [-0.15, -0.1) is 0 Å². The molecule has 1 rings (SSSR count). The molecule has 0 saturated carbocycles. The second kappa shape index (κ2) is 12.0. The van der Waals surface area contributed by atoms with Crippen molar-refractivity contribution in [2.45, 2.75) is 70.5 Å². The van der Waals surface area contributed by atoms with Gasteiger partial charge in [-0.3, -0.25) is 4.55 Å². The Labute approximate surface area is 190 Å². The summed E-state index contributed by atoms with van der Waals surface area (Å²) >= 11 is 0. The zero-order chi connectivity index (χ0) is 19.9. The molecule has 1 aromatic rings. The summed E-state index contributed by atoms with van der Waals surface area (Å²) in [5.74, 6) is -1.54. The minimum absolute atomic E-state index is 0. The van der Waals surface area contributed by atoms with Gasteiger partial charge in [0.25, 0.3) is 10.1 Å². The van der Waals surface area contributed by atoms with Crippen molar-refractivity contribution >= 4 is 59.8 Å². The summed E-state index contributed by atoms with van der Waals surface area (Å²) in [4.78, 5) is 24.0. The van der Waals surface area contributed by atoms with Gasteiger partial charge in [0.2, 0.25) is 0 Å². The number of esters is 2. The van der Waals surface area contributed by atoms with Gasteiger partial charge in [-0.25, -0.2) is 9.59 Å². The van der Waals surface area contributed by atoms with Crippen molar-refractivity contribution < 1.29 is 32.0 Å². The monoisotopic (exact) mass is 428 g/mol. The van der Waals surface area contributed by atoms with E-state index in [1.165, 1.54) is 6.07 Å². The van der Waals surface area contributed by atoms with Gasteiger partial charge in [0.05, 0.1) is 28.2 Å². The molecule has 2 unspecified atom stereocenters. The number of hydrogen-bond acceptors (Lipinski definition) is 6. The molecule has 1 N–H and O–H groups in total. The molecule has 2 atom stereocenters. The quantitative estimate of drug-likeness (QED) is 0.366. The van der Waals surface area contributed by atoms with E-state index in [1.807, 2.05) is 13.8 Å². The number of carbonyl (C=O) groups is 2. The van der Waals surface area contributed by atoms with Crippen LogP contribution >= 0.6 is 0 Å². The molecule has 0 saturated heterocycles. The molecule has 0 fully saturated rings. The molecule has 9 heteroatoms. The molecule has 0 bridgehead atoms. The Balaban J connectivity index is 0.00000676. The van der Waals surface area contributed by atoms with Gasteiger partial charge < -0.3 is 9.47 Å². The minimum atomic E-state index is -4.61. The van der Waals surface area contributed by atoms with E-state index in [4.69, 9.17) is 9.47 Å². The van der Waals surface area contributed by atoms with E-state index >= 15 is 0 Å². The molecule has 0 heterocycles. The van der Waals surface area contributed by atoms with E-state index in [2.05, 4.69) is 0 Å². The summed E-state index contributed by atoms with van der Waals surface area (Å²) < 4.78 is 42.7. The number of carbonyl (C=O) groups excluding carboxylic acids is 2. The summed E-state index contributed by atoms with van der Waals surface area (Å²) in [6, 6.07) is 3.15. The standard InChI is InChI=1S/C18H26O7S.Ca.2H/c1-5-7-12(3)24-17(19)14-9-15(11-16(10-14)26(21,22)23)18(20)25-13(4)8-6-2;;;/h9-13H,5-8H2,1-4H3,(H,21,22,23);;;. The molecule has 1 aromatic carbocycles. The average molecular weight is 429 g/mol. The molecule has 7 nitrogen and oxygen atoms in total. The molecule has 0 aromatic heterocycles. The van der Waals surface area contributed by atoms with Crippen LogP contribution in [0, 0.1) is 0 Å². The maximum absolute atomic E-state index is 12.3. The van der Waals surface area contributed by atoms with Crippen LogP contribution in [0.15, 0.2) is 23.1 Å². The number of benzene rings is 1. The summed E-state index contributed by atoms with van der Waals surface area (Å²) in [5, 5.41) is 0. The van der Waals surface area contributed by atoms with E-state index in [0.717, 1.165) is 25.0 Å². The van der Waals surface area contributed by atoms with Crippen molar-refractivity contribution in [3.05, 3.63) is 29.3 Å². The fourth-order valence-corrected chi connectivity index (χ4v) is 2.97. The first-order chi connectivity index (χ1) is 12.1. The van der Waals surface area contributed by atoms with Gasteiger partial charge >= 0.3 is 49.7 Å². The Morgan fingerprint density at radius 1 is 0.926 bits per heavy atom. The summed E-state index contributed by atoms with van der Waals surface area (Å²) in [6.45, 7) is 7.31. The van der Waals surface area contributed by atoms with Gasteiger partial charge in [0.15, 0.2) is 0 Å². The second-order valence-electron chi connectivity index (χ2n) is 6.23.